The van der Waals surface area contributed by atoms with Gasteiger partial charge >= 0.3 is 5.69 Å². The molecule has 2 rings (SSSR count). The molecule has 19 heavy (non-hydrogen) atoms. The fraction of sp³-hybridized carbons (Fsp3) is 0.600. The van der Waals surface area contributed by atoms with E-state index in [9.17, 15) is 10.1 Å². The third-order valence-electron chi connectivity index (χ3n) is 4.35. The third-order valence-corrected chi connectivity index (χ3v) is 4.35. The molecule has 0 radical (unpaired) electrons. The number of ether oxygens (including phenoxy) is 1. The zero-order valence-electron chi connectivity index (χ0n) is 12.2. The molecule has 0 saturated heterocycles. The topological polar surface area (TPSA) is 52.4 Å². The fourth-order valence-corrected chi connectivity index (χ4v) is 2.89. The molecule has 4 heteroatoms. The molecule has 0 N–H and O–H groups in total. The van der Waals surface area contributed by atoms with Crippen LogP contribution in [0.15, 0.2) is 12.1 Å². The molecule has 1 aromatic rings. The number of benzene rings is 1. The first-order valence-electron chi connectivity index (χ1n) is 6.56. The molecule has 0 heterocycles. The highest BCUT2D eigenvalue weighted by Crippen LogP contribution is 2.48. The number of nitro groups is 1. The van der Waals surface area contributed by atoms with Gasteiger partial charge in [0.1, 0.15) is 0 Å². The number of fused-ring (bicyclic) bond motifs is 1. The van der Waals surface area contributed by atoms with Crippen molar-refractivity contribution in [1.82, 2.24) is 0 Å². The van der Waals surface area contributed by atoms with Crippen LogP contribution in [-0.4, -0.2) is 12.0 Å². The lowest BCUT2D eigenvalue weighted by Crippen LogP contribution is -2.33. The Kier molecular flexibility index (Phi) is 3.07. The number of nitrogens with zero attached hydrogens (tertiary/aromatic N) is 1. The van der Waals surface area contributed by atoms with E-state index in [2.05, 4.69) is 27.7 Å². The largest absolute Gasteiger partial charge is 0.490 e. The molecule has 0 spiro atoms. The van der Waals surface area contributed by atoms with Crippen molar-refractivity contribution >= 4 is 5.69 Å². The van der Waals surface area contributed by atoms with Gasteiger partial charge in [-0.05, 0) is 40.9 Å². The quantitative estimate of drug-likeness (QED) is 0.599. The second-order valence-corrected chi connectivity index (χ2v) is 6.59. The Bertz CT molecular complexity index is 532. The molecule has 1 aliphatic carbocycles. The summed E-state index contributed by atoms with van der Waals surface area (Å²) in [7, 11) is 1.48. The van der Waals surface area contributed by atoms with Crippen molar-refractivity contribution in [3.05, 3.63) is 33.4 Å². The van der Waals surface area contributed by atoms with Crippen LogP contribution in [0.2, 0.25) is 0 Å². The molecule has 1 aliphatic rings. The van der Waals surface area contributed by atoms with Gasteiger partial charge in [0, 0.05) is 6.07 Å². The zero-order valence-corrected chi connectivity index (χ0v) is 12.2. The van der Waals surface area contributed by atoms with Gasteiger partial charge < -0.3 is 4.74 Å². The average molecular weight is 263 g/mol. The molecule has 104 valence electrons. The SMILES string of the molecule is COc1cc2c(cc1[N+](=O)[O-])C(C)(C)CCC2(C)C. The summed E-state index contributed by atoms with van der Waals surface area (Å²) in [6.07, 6.45) is 2.12. The van der Waals surface area contributed by atoms with Gasteiger partial charge in [0.05, 0.1) is 12.0 Å². The predicted molar refractivity (Wildman–Crippen MR) is 74.9 cm³/mol. The first kappa shape index (κ1) is 13.8. The van der Waals surface area contributed by atoms with E-state index in [0.29, 0.717) is 5.75 Å². The van der Waals surface area contributed by atoms with Gasteiger partial charge in [0.15, 0.2) is 5.75 Å². The molecule has 1 aromatic carbocycles. The van der Waals surface area contributed by atoms with Crippen LogP contribution in [0.5, 0.6) is 5.75 Å². The first-order valence-corrected chi connectivity index (χ1v) is 6.56. The molecule has 0 atom stereocenters. The number of nitro benzene ring substituents is 1. The van der Waals surface area contributed by atoms with Crippen molar-refractivity contribution in [3.63, 3.8) is 0 Å². The Morgan fingerprint density at radius 2 is 1.58 bits per heavy atom. The second-order valence-electron chi connectivity index (χ2n) is 6.59. The summed E-state index contributed by atoms with van der Waals surface area (Å²) in [5.74, 6) is 0.356. The van der Waals surface area contributed by atoms with E-state index in [-0.39, 0.29) is 21.4 Å². The van der Waals surface area contributed by atoms with Crippen molar-refractivity contribution in [3.8, 4) is 5.75 Å². The highest BCUT2D eigenvalue weighted by atomic mass is 16.6. The normalized spacial score (nSPS) is 19.6. The number of hydrogen-bond acceptors (Lipinski definition) is 3. The van der Waals surface area contributed by atoms with Gasteiger partial charge in [0.25, 0.3) is 0 Å². The van der Waals surface area contributed by atoms with E-state index in [0.717, 1.165) is 18.4 Å². The Labute approximate surface area is 113 Å². The van der Waals surface area contributed by atoms with E-state index >= 15 is 0 Å². The molecule has 0 aromatic heterocycles. The van der Waals surface area contributed by atoms with E-state index in [1.165, 1.54) is 12.7 Å². The van der Waals surface area contributed by atoms with Crippen molar-refractivity contribution in [1.29, 1.82) is 0 Å². The van der Waals surface area contributed by atoms with Gasteiger partial charge in [-0.25, -0.2) is 0 Å². The maximum absolute atomic E-state index is 11.2. The summed E-state index contributed by atoms with van der Waals surface area (Å²) in [6, 6.07) is 3.56. The van der Waals surface area contributed by atoms with Gasteiger partial charge in [-0.15, -0.1) is 0 Å². The maximum Gasteiger partial charge on any atom is 0.311 e. The lowest BCUT2D eigenvalue weighted by molar-refractivity contribution is -0.385. The van der Waals surface area contributed by atoms with Crippen molar-refractivity contribution in [2.75, 3.05) is 7.11 Å². The minimum Gasteiger partial charge on any atom is -0.490 e. The monoisotopic (exact) mass is 263 g/mol. The molecule has 0 fully saturated rings. The van der Waals surface area contributed by atoms with Crippen LogP contribution in [0.3, 0.4) is 0 Å². The summed E-state index contributed by atoms with van der Waals surface area (Å²) in [6.45, 7) is 8.67. The second kappa shape index (κ2) is 4.22. The highest BCUT2D eigenvalue weighted by molar-refractivity contribution is 5.56. The maximum atomic E-state index is 11.2. The van der Waals surface area contributed by atoms with Crippen LogP contribution in [0.4, 0.5) is 5.69 Å². The minimum atomic E-state index is -0.364. The lowest BCUT2D eigenvalue weighted by atomic mass is 9.63. The molecule has 0 aliphatic heterocycles. The standard InChI is InChI=1S/C15H21NO3/c1-14(2)6-7-15(3,4)11-9-13(19-5)12(16(17)18)8-10(11)14/h8-9H,6-7H2,1-5H3. The van der Waals surface area contributed by atoms with Crippen molar-refractivity contribution in [2.24, 2.45) is 0 Å². The van der Waals surface area contributed by atoms with E-state index < -0.39 is 0 Å². The Hall–Kier alpha value is -1.58. The summed E-state index contributed by atoms with van der Waals surface area (Å²) in [5.41, 5.74) is 2.32. The smallest absolute Gasteiger partial charge is 0.311 e. The van der Waals surface area contributed by atoms with E-state index in [1.807, 2.05) is 6.07 Å². The zero-order chi connectivity index (χ0) is 14.4. The Morgan fingerprint density at radius 1 is 1.11 bits per heavy atom. The Morgan fingerprint density at radius 3 is 2.00 bits per heavy atom. The number of methoxy groups -OCH3 is 1. The van der Waals surface area contributed by atoms with Gasteiger partial charge in [-0.2, -0.15) is 0 Å². The lowest BCUT2D eigenvalue weighted by Gasteiger charge is -2.41. The van der Waals surface area contributed by atoms with Gasteiger partial charge in [0.2, 0.25) is 0 Å². The molecular formula is C15H21NO3. The molecule has 0 amide bonds. The van der Waals surface area contributed by atoms with Crippen LogP contribution in [-0.2, 0) is 10.8 Å². The fourth-order valence-electron chi connectivity index (χ4n) is 2.89. The van der Waals surface area contributed by atoms with Crippen LogP contribution in [0.1, 0.15) is 51.7 Å². The number of hydrogen-bond donors (Lipinski definition) is 0. The molecule has 4 nitrogen and oxygen atoms in total. The van der Waals surface area contributed by atoms with E-state index in [4.69, 9.17) is 4.74 Å². The van der Waals surface area contributed by atoms with Crippen LogP contribution in [0.25, 0.3) is 0 Å². The minimum absolute atomic E-state index is 0.0259. The van der Waals surface area contributed by atoms with Crippen LogP contribution >= 0.6 is 0 Å². The summed E-state index contributed by atoms with van der Waals surface area (Å²) in [4.78, 5) is 10.8. The summed E-state index contributed by atoms with van der Waals surface area (Å²) in [5, 5.41) is 11.2. The molecule has 0 unspecified atom stereocenters. The van der Waals surface area contributed by atoms with Crippen LogP contribution < -0.4 is 4.74 Å². The Balaban J connectivity index is 2.74. The van der Waals surface area contributed by atoms with Crippen molar-refractivity contribution < 1.29 is 9.66 Å². The average Bonchev–Trinajstić information content (AvgIpc) is 2.33. The summed E-state index contributed by atoms with van der Waals surface area (Å²) >= 11 is 0. The first-order chi connectivity index (χ1) is 8.69. The van der Waals surface area contributed by atoms with E-state index in [1.54, 1.807) is 6.07 Å². The van der Waals surface area contributed by atoms with Crippen LogP contribution in [0, 0.1) is 10.1 Å². The van der Waals surface area contributed by atoms with Gasteiger partial charge in [-0.1, -0.05) is 27.7 Å². The number of rotatable bonds is 2. The molecule has 0 bridgehead atoms. The third kappa shape index (κ3) is 2.20. The van der Waals surface area contributed by atoms with Crippen molar-refractivity contribution in [2.45, 2.75) is 51.4 Å². The summed E-state index contributed by atoms with van der Waals surface area (Å²) < 4.78 is 5.19. The van der Waals surface area contributed by atoms with Gasteiger partial charge in [-0.3, -0.25) is 10.1 Å². The molecule has 0 saturated carbocycles. The molecular weight excluding hydrogens is 242 g/mol. The predicted octanol–water partition coefficient (Wildman–Crippen LogP) is 3.95. The highest BCUT2D eigenvalue weighted by Gasteiger charge is 2.39.